The first-order valence-corrected chi connectivity index (χ1v) is 6.13. The lowest BCUT2D eigenvalue weighted by molar-refractivity contribution is -0.141. The van der Waals surface area contributed by atoms with E-state index in [1.165, 1.54) is 6.42 Å². The first-order valence-electron chi connectivity index (χ1n) is 6.13. The van der Waals surface area contributed by atoms with E-state index >= 15 is 0 Å². The van der Waals surface area contributed by atoms with Crippen molar-refractivity contribution in [2.45, 2.75) is 25.4 Å². The molecule has 2 atom stereocenters. The van der Waals surface area contributed by atoms with E-state index in [-0.39, 0.29) is 17.6 Å². The van der Waals surface area contributed by atoms with Crippen LogP contribution in [0, 0.1) is 17.8 Å². The fourth-order valence-corrected chi connectivity index (χ4v) is 2.72. The lowest BCUT2D eigenvalue weighted by Gasteiger charge is -2.12. The second-order valence-corrected chi connectivity index (χ2v) is 5.20. The second-order valence-electron chi connectivity index (χ2n) is 5.20. The summed E-state index contributed by atoms with van der Waals surface area (Å²) in [4.78, 5) is 18.7. The number of carbonyl (C=O) groups excluding carboxylic acids is 1. The van der Waals surface area contributed by atoms with Gasteiger partial charge in [0.2, 0.25) is 5.91 Å². The van der Waals surface area contributed by atoms with Gasteiger partial charge in [-0.1, -0.05) is 0 Å². The third-order valence-corrected chi connectivity index (χ3v) is 3.79. The number of rotatable bonds is 2. The maximum atomic E-state index is 12.4. The quantitative estimate of drug-likeness (QED) is 0.899. The summed E-state index contributed by atoms with van der Waals surface area (Å²) in [5, 5.41) is 2.42. The molecule has 1 heterocycles. The third-order valence-electron chi connectivity index (χ3n) is 3.79. The number of hydrogen-bond donors (Lipinski definition) is 1. The van der Waals surface area contributed by atoms with Crippen molar-refractivity contribution < 1.29 is 18.0 Å². The molecule has 0 bridgehead atoms. The van der Waals surface area contributed by atoms with Crippen LogP contribution in [0.1, 0.15) is 25.0 Å². The van der Waals surface area contributed by atoms with Gasteiger partial charge in [-0.15, -0.1) is 0 Å². The average Bonchev–Trinajstić information content (AvgIpc) is 2.95. The number of anilines is 1. The van der Waals surface area contributed by atoms with Gasteiger partial charge in [0.25, 0.3) is 0 Å². The van der Waals surface area contributed by atoms with Crippen molar-refractivity contribution in [1.82, 2.24) is 9.97 Å². The van der Waals surface area contributed by atoms with E-state index in [9.17, 15) is 18.0 Å². The number of halogens is 3. The number of alkyl halides is 3. The normalized spacial score (nSPS) is 28.9. The van der Waals surface area contributed by atoms with Crippen molar-refractivity contribution in [1.29, 1.82) is 0 Å². The molecule has 0 radical (unpaired) electrons. The molecule has 2 fully saturated rings. The molecule has 1 N–H and O–H groups in total. The van der Waals surface area contributed by atoms with E-state index in [2.05, 4.69) is 15.3 Å². The molecule has 2 saturated carbocycles. The molecule has 0 saturated heterocycles. The van der Waals surface area contributed by atoms with E-state index in [1.807, 2.05) is 0 Å². The smallest absolute Gasteiger partial charge is 0.309 e. The predicted octanol–water partition coefficient (Wildman–Crippen LogP) is 2.48. The van der Waals surface area contributed by atoms with Crippen molar-refractivity contribution in [3.05, 3.63) is 18.1 Å². The summed E-state index contributed by atoms with van der Waals surface area (Å²) < 4.78 is 37.3. The lowest BCUT2D eigenvalue weighted by atomic mass is 10.0. The number of amides is 1. The molecule has 7 heteroatoms. The van der Waals surface area contributed by atoms with Crippen molar-refractivity contribution in [3.8, 4) is 0 Å². The van der Waals surface area contributed by atoms with E-state index in [1.54, 1.807) is 0 Å². The molecule has 102 valence electrons. The monoisotopic (exact) mass is 271 g/mol. The van der Waals surface area contributed by atoms with Crippen molar-refractivity contribution >= 4 is 11.7 Å². The third kappa shape index (κ3) is 2.54. The largest absolute Gasteiger partial charge is 0.434 e. The Morgan fingerprint density at radius 3 is 2.53 bits per heavy atom. The Morgan fingerprint density at radius 1 is 1.21 bits per heavy atom. The molecule has 1 aromatic heterocycles. The van der Waals surface area contributed by atoms with Gasteiger partial charge in [-0.3, -0.25) is 9.78 Å². The van der Waals surface area contributed by atoms with Crippen LogP contribution in [0.25, 0.3) is 0 Å². The number of nitrogens with zero attached hydrogens (tertiary/aromatic N) is 2. The maximum Gasteiger partial charge on any atom is 0.434 e. The van der Waals surface area contributed by atoms with Gasteiger partial charge in [0, 0.05) is 5.92 Å². The highest BCUT2D eigenvalue weighted by molar-refractivity contribution is 5.91. The number of fused-ring (bicyclic) bond motifs is 1. The molecule has 19 heavy (non-hydrogen) atoms. The van der Waals surface area contributed by atoms with Gasteiger partial charge in [-0.05, 0) is 31.1 Å². The Labute approximate surface area is 107 Å². The highest BCUT2D eigenvalue weighted by Gasteiger charge is 2.48. The van der Waals surface area contributed by atoms with Crippen LogP contribution < -0.4 is 5.32 Å². The van der Waals surface area contributed by atoms with Gasteiger partial charge in [0.15, 0.2) is 11.5 Å². The molecule has 2 aliphatic carbocycles. The number of nitrogens with one attached hydrogen (secondary N) is 1. The fourth-order valence-electron chi connectivity index (χ4n) is 2.72. The summed E-state index contributed by atoms with van der Waals surface area (Å²) in [5.74, 6) is 0.799. The Balaban J connectivity index is 1.67. The predicted molar refractivity (Wildman–Crippen MR) is 60.0 cm³/mol. The number of carbonyl (C=O) groups is 1. The van der Waals surface area contributed by atoms with E-state index in [0.29, 0.717) is 18.0 Å². The highest BCUT2D eigenvalue weighted by Crippen LogP contribution is 2.54. The molecule has 0 aromatic carbocycles. The summed E-state index contributed by atoms with van der Waals surface area (Å²) in [6.07, 6.45) is 0.0743. The molecule has 3 rings (SSSR count). The summed E-state index contributed by atoms with van der Waals surface area (Å²) in [5.41, 5.74) is -1.10. The minimum atomic E-state index is -4.55. The molecular formula is C12H12F3N3O. The van der Waals surface area contributed by atoms with Crippen LogP contribution >= 0.6 is 0 Å². The van der Waals surface area contributed by atoms with Crippen LogP contribution in [-0.4, -0.2) is 15.9 Å². The van der Waals surface area contributed by atoms with Crippen LogP contribution in [0.5, 0.6) is 0 Å². The van der Waals surface area contributed by atoms with E-state index in [4.69, 9.17) is 0 Å². The van der Waals surface area contributed by atoms with Crippen molar-refractivity contribution in [3.63, 3.8) is 0 Å². The van der Waals surface area contributed by atoms with Crippen LogP contribution in [-0.2, 0) is 11.0 Å². The van der Waals surface area contributed by atoms with Crippen LogP contribution in [0.4, 0.5) is 19.0 Å². The Bertz CT molecular complexity index is 507. The Kier molecular flexibility index (Phi) is 2.72. The minimum absolute atomic E-state index is 0.0971. The van der Waals surface area contributed by atoms with Gasteiger partial charge in [-0.25, -0.2) is 4.98 Å². The first-order chi connectivity index (χ1) is 8.93. The lowest BCUT2D eigenvalue weighted by Crippen LogP contribution is -2.23. The van der Waals surface area contributed by atoms with E-state index in [0.717, 1.165) is 19.0 Å². The molecule has 0 aliphatic heterocycles. The Hall–Kier alpha value is -1.66. The summed E-state index contributed by atoms with van der Waals surface area (Å²) in [6.45, 7) is 0. The zero-order valence-electron chi connectivity index (χ0n) is 9.94. The molecule has 2 aliphatic rings. The van der Waals surface area contributed by atoms with Gasteiger partial charge < -0.3 is 5.32 Å². The van der Waals surface area contributed by atoms with E-state index < -0.39 is 11.9 Å². The zero-order chi connectivity index (χ0) is 13.6. The molecular weight excluding hydrogens is 259 g/mol. The number of aromatic nitrogens is 2. The molecule has 0 spiro atoms. The van der Waals surface area contributed by atoms with Gasteiger partial charge in [0.05, 0.1) is 12.4 Å². The van der Waals surface area contributed by atoms with Gasteiger partial charge in [-0.2, -0.15) is 13.2 Å². The Morgan fingerprint density at radius 2 is 1.89 bits per heavy atom. The first kappa shape index (κ1) is 12.4. The molecule has 4 nitrogen and oxygen atoms in total. The standard InChI is InChI=1S/C12H12F3N3O/c13-12(14,15)9-4-16-5-10(17-9)18-11(19)8-2-6-1-7(6)3-8/h4-8H,1-3H2,(H,17,18,19). The van der Waals surface area contributed by atoms with Crippen molar-refractivity contribution in [2.75, 3.05) is 5.32 Å². The average molecular weight is 271 g/mol. The molecule has 1 amide bonds. The fraction of sp³-hybridized carbons (Fsp3) is 0.583. The highest BCUT2D eigenvalue weighted by atomic mass is 19.4. The van der Waals surface area contributed by atoms with Crippen LogP contribution in [0.2, 0.25) is 0 Å². The van der Waals surface area contributed by atoms with Gasteiger partial charge in [0.1, 0.15) is 0 Å². The minimum Gasteiger partial charge on any atom is -0.309 e. The summed E-state index contributed by atoms with van der Waals surface area (Å²) in [7, 11) is 0. The molecule has 2 unspecified atom stereocenters. The van der Waals surface area contributed by atoms with Crippen molar-refractivity contribution in [2.24, 2.45) is 17.8 Å². The zero-order valence-corrected chi connectivity index (χ0v) is 9.94. The topological polar surface area (TPSA) is 54.9 Å². The summed E-state index contributed by atoms with van der Waals surface area (Å²) >= 11 is 0. The van der Waals surface area contributed by atoms with Crippen LogP contribution in [0.15, 0.2) is 12.4 Å². The SMILES string of the molecule is O=C(Nc1cncc(C(F)(F)F)n1)C1CC2CC2C1. The van der Waals surface area contributed by atoms with Gasteiger partial charge >= 0.3 is 6.18 Å². The van der Waals surface area contributed by atoms with Crippen LogP contribution in [0.3, 0.4) is 0 Å². The maximum absolute atomic E-state index is 12.4. The second kappa shape index (κ2) is 4.18. The summed E-state index contributed by atoms with van der Waals surface area (Å²) in [6, 6.07) is 0. The molecule has 1 aromatic rings. The number of hydrogen-bond acceptors (Lipinski definition) is 3.